The highest BCUT2D eigenvalue weighted by atomic mass is 32.2. The van der Waals surface area contributed by atoms with E-state index < -0.39 is 0 Å². The Hall–Kier alpha value is -1.40. The van der Waals surface area contributed by atoms with E-state index in [0.717, 1.165) is 29.3 Å². The Kier molecular flexibility index (Phi) is 8.10. The van der Waals surface area contributed by atoms with E-state index >= 15 is 0 Å². The van der Waals surface area contributed by atoms with Crippen LogP contribution in [0.15, 0.2) is 23.1 Å². The zero-order valence-electron chi connectivity index (χ0n) is 16.7. The molecule has 1 unspecified atom stereocenters. The summed E-state index contributed by atoms with van der Waals surface area (Å²) in [4.78, 5) is 17.8. The van der Waals surface area contributed by atoms with Crippen molar-refractivity contribution in [3.8, 4) is 5.75 Å². The van der Waals surface area contributed by atoms with Gasteiger partial charge in [-0.15, -0.1) is 11.8 Å². The molecule has 2 rings (SSSR count). The summed E-state index contributed by atoms with van der Waals surface area (Å²) in [5.41, 5.74) is 1.07. The molecule has 0 spiro atoms. The second-order valence-corrected chi connectivity index (χ2v) is 8.18. The van der Waals surface area contributed by atoms with Gasteiger partial charge in [-0.2, -0.15) is 0 Å². The number of piperidine rings is 1. The van der Waals surface area contributed by atoms with Crippen LogP contribution in [0.3, 0.4) is 0 Å². The molecule has 2 amide bonds. The number of urea groups is 1. The minimum absolute atomic E-state index is 0.0143. The highest BCUT2D eigenvalue weighted by Gasteiger charge is 2.22. The molecule has 0 aromatic heterocycles. The topological polar surface area (TPSA) is 44.8 Å². The Balaban J connectivity index is 1.84. The van der Waals surface area contributed by atoms with Crippen molar-refractivity contribution in [3.63, 3.8) is 0 Å². The van der Waals surface area contributed by atoms with E-state index in [1.165, 1.54) is 19.4 Å². The Labute approximate surface area is 162 Å². The van der Waals surface area contributed by atoms with Crippen molar-refractivity contribution >= 4 is 17.8 Å². The SMILES string of the molecule is COc1cc(CN(C)C(=O)NCC2CCCN(C(C)C)C2)ccc1SC. The summed E-state index contributed by atoms with van der Waals surface area (Å²) in [5.74, 6) is 1.41. The Morgan fingerprint density at radius 1 is 1.46 bits per heavy atom. The van der Waals surface area contributed by atoms with Gasteiger partial charge in [-0.3, -0.25) is 0 Å². The van der Waals surface area contributed by atoms with Crippen LogP contribution in [0.25, 0.3) is 0 Å². The van der Waals surface area contributed by atoms with Crippen molar-refractivity contribution in [2.24, 2.45) is 5.92 Å². The van der Waals surface area contributed by atoms with Crippen molar-refractivity contribution in [1.82, 2.24) is 15.1 Å². The lowest BCUT2D eigenvalue weighted by atomic mass is 9.97. The lowest BCUT2D eigenvalue weighted by Crippen LogP contribution is -2.45. The molecule has 1 atom stereocenters. The average molecular weight is 380 g/mol. The Morgan fingerprint density at radius 2 is 2.23 bits per heavy atom. The van der Waals surface area contributed by atoms with Gasteiger partial charge in [0.25, 0.3) is 0 Å². The van der Waals surface area contributed by atoms with Gasteiger partial charge < -0.3 is 19.9 Å². The molecule has 1 heterocycles. The maximum absolute atomic E-state index is 12.4. The summed E-state index contributed by atoms with van der Waals surface area (Å²) in [7, 11) is 3.52. The number of nitrogens with one attached hydrogen (secondary N) is 1. The fourth-order valence-corrected chi connectivity index (χ4v) is 3.97. The van der Waals surface area contributed by atoms with Gasteiger partial charge in [-0.05, 0) is 63.1 Å². The van der Waals surface area contributed by atoms with Crippen LogP contribution in [-0.4, -0.2) is 61.9 Å². The molecule has 6 heteroatoms. The van der Waals surface area contributed by atoms with Crippen LogP contribution in [0.4, 0.5) is 4.79 Å². The zero-order valence-corrected chi connectivity index (χ0v) is 17.6. The largest absolute Gasteiger partial charge is 0.496 e. The third-order valence-corrected chi connectivity index (χ3v) is 5.81. The molecule has 146 valence electrons. The van der Waals surface area contributed by atoms with E-state index in [9.17, 15) is 4.79 Å². The quantitative estimate of drug-likeness (QED) is 0.734. The predicted octanol–water partition coefficient (Wildman–Crippen LogP) is 3.68. The van der Waals surface area contributed by atoms with Crippen molar-refractivity contribution < 1.29 is 9.53 Å². The van der Waals surface area contributed by atoms with E-state index in [2.05, 4.69) is 30.1 Å². The molecule has 1 aliphatic heterocycles. The van der Waals surface area contributed by atoms with Crippen molar-refractivity contribution in [1.29, 1.82) is 0 Å². The third kappa shape index (κ3) is 5.81. The molecule has 1 saturated heterocycles. The number of rotatable bonds is 7. The number of hydrogen-bond donors (Lipinski definition) is 1. The molecule has 0 aliphatic carbocycles. The summed E-state index contributed by atoms with van der Waals surface area (Å²) in [5, 5.41) is 3.11. The Bertz CT molecular complexity index is 594. The molecule has 1 N–H and O–H groups in total. The summed E-state index contributed by atoms with van der Waals surface area (Å²) in [6.45, 7) is 8.06. The van der Waals surface area contributed by atoms with E-state index in [1.54, 1.807) is 23.8 Å². The van der Waals surface area contributed by atoms with E-state index in [4.69, 9.17) is 4.74 Å². The summed E-state index contributed by atoms with van der Waals surface area (Å²) in [6.07, 6.45) is 4.44. The molecule has 26 heavy (non-hydrogen) atoms. The number of hydrogen-bond acceptors (Lipinski definition) is 4. The van der Waals surface area contributed by atoms with Crippen LogP contribution in [0.5, 0.6) is 5.75 Å². The molecule has 0 bridgehead atoms. The van der Waals surface area contributed by atoms with Crippen LogP contribution < -0.4 is 10.1 Å². The minimum atomic E-state index is -0.0143. The number of carbonyl (C=O) groups excluding carboxylic acids is 1. The lowest BCUT2D eigenvalue weighted by Gasteiger charge is -2.35. The van der Waals surface area contributed by atoms with Gasteiger partial charge in [-0.25, -0.2) is 4.79 Å². The summed E-state index contributed by atoms with van der Waals surface area (Å²) in [6, 6.07) is 6.68. The maximum Gasteiger partial charge on any atom is 0.317 e. The van der Waals surface area contributed by atoms with Gasteiger partial charge >= 0.3 is 6.03 Å². The molecular formula is C20H33N3O2S. The third-order valence-electron chi connectivity index (χ3n) is 5.04. The fourth-order valence-electron chi connectivity index (χ4n) is 3.42. The van der Waals surface area contributed by atoms with Crippen LogP contribution in [0.2, 0.25) is 0 Å². The number of ether oxygens (including phenoxy) is 1. The molecule has 1 aromatic carbocycles. The molecule has 1 aliphatic rings. The van der Waals surface area contributed by atoms with Crippen LogP contribution in [0, 0.1) is 5.92 Å². The monoisotopic (exact) mass is 379 g/mol. The predicted molar refractivity (Wildman–Crippen MR) is 109 cm³/mol. The smallest absolute Gasteiger partial charge is 0.317 e. The standard InChI is InChI=1S/C20H33N3O2S/c1-15(2)23-10-6-7-17(14-23)12-21-20(24)22(3)13-16-8-9-19(26-5)18(11-16)25-4/h8-9,11,15,17H,6-7,10,12-14H2,1-5H3,(H,21,24). The summed E-state index contributed by atoms with van der Waals surface area (Å²) < 4.78 is 5.43. The molecule has 1 fully saturated rings. The van der Waals surface area contributed by atoms with Gasteiger partial charge in [-0.1, -0.05) is 6.07 Å². The number of methoxy groups -OCH3 is 1. The van der Waals surface area contributed by atoms with E-state index in [0.29, 0.717) is 18.5 Å². The van der Waals surface area contributed by atoms with Gasteiger partial charge in [0.05, 0.1) is 7.11 Å². The number of amides is 2. The Morgan fingerprint density at radius 3 is 2.88 bits per heavy atom. The van der Waals surface area contributed by atoms with Crippen LogP contribution >= 0.6 is 11.8 Å². The first-order chi connectivity index (χ1) is 12.4. The van der Waals surface area contributed by atoms with Crippen molar-refractivity contribution in [2.45, 2.75) is 44.2 Å². The zero-order chi connectivity index (χ0) is 19.1. The average Bonchev–Trinajstić information content (AvgIpc) is 2.66. The molecule has 0 saturated carbocycles. The minimum Gasteiger partial charge on any atom is -0.496 e. The van der Waals surface area contributed by atoms with Gasteiger partial charge in [0, 0.05) is 37.6 Å². The van der Waals surface area contributed by atoms with E-state index in [1.807, 2.05) is 25.4 Å². The number of carbonyl (C=O) groups is 1. The van der Waals surface area contributed by atoms with Gasteiger partial charge in [0.1, 0.15) is 5.75 Å². The number of nitrogens with zero attached hydrogens (tertiary/aromatic N) is 2. The molecule has 1 aromatic rings. The van der Waals surface area contributed by atoms with E-state index in [-0.39, 0.29) is 6.03 Å². The molecule has 5 nitrogen and oxygen atoms in total. The highest BCUT2D eigenvalue weighted by Crippen LogP contribution is 2.28. The van der Waals surface area contributed by atoms with Gasteiger partial charge in [0.2, 0.25) is 0 Å². The van der Waals surface area contributed by atoms with Crippen LogP contribution in [-0.2, 0) is 6.54 Å². The second kappa shape index (κ2) is 10.1. The number of thioether (sulfide) groups is 1. The molecule has 0 radical (unpaired) electrons. The first-order valence-electron chi connectivity index (χ1n) is 9.38. The second-order valence-electron chi connectivity index (χ2n) is 7.33. The van der Waals surface area contributed by atoms with Crippen LogP contribution in [0.1, 0.15) is 32.3 Å². The summed E-state index contributed by atoms with van der Waals surface area (Å²) >= 11 is 1.66. The highest BCUT2D eigenvalue weighted by molar-refractivity contribution is 7.98. The first-order valence-corrected chi connectivity index (χ1v) is 10.6. The fraction of sp³-hybridized carbons (Fsp3) is 0.650. The number of likely N-dealkylation sites (tertiary alicyclic amines) is 1. The van der Waals surface area contributed by atoms with Gasteiger partial charge in [0.15, 0.2) is 0 Å². The van der Waals surface area contributed by atoms with Crippen molar-refractivity contribution in [3.05, 3.63) is 23.8 Å². The lowest BCUT2D eigenvalue weighted by molar-refractivity contribution is 0.137. The maximum atomic E-state index is 12.4. The van der Waals surface area contributed by atoms with Crippen molar-refractivity contribution in [2.75, 3.05) is 40.0 Å². The first kappa shape index (κ1) is 20.9. The normalized spacial score (nSPS) is 18.0. The molecular weight excluding hydrogens is 346 g/mol. The number of benzene rings is 1.